The van der Waals surface area contributed by atoms with Crippen molar-refractivity contribution in [3.05, 3.63) is 41.2 Å². The molecule has 0 aliphatic heterocycles. The SMILES string of the molecule is Cc1ccc(F)c(-n2cc(C(C)N)nn2)c1F. The summed E-state index contributed by atoms with van der Waals surface area (Å²) in [5.74, 6) is -1.33. The van der Waals surface area contributed by atoms with Crippen LogP contribution in [0.1, 0.15) is 24.2 Å². The van der Waals surface area contributed by atoms with Gasteiger partial charge in [0.15, 0.2) is 11.6 Å². The summed E-state index contributed by atoms with van der Waals surface area (Å²) in [5, 5.41) is 7.44. The van der Waals surface area contributed by atoms with E-state index in [2.05, 4.69) is 10.3 Å². The summed E-state index contributed by atoms with van der Waals surface area (Å²) in [5.41, 5.74) is 6.20. The molecule has 1 heterocycles. The zero-order chi connectivity index (χ0) is 12.6. The van der Waals surface area contributed by atoms with Gasteiger partial charge >= 0.3 is 0 Å². The van der Waals surface area contributed by atoms with E-state index in [4.69, 9.17) is 5.73 Å². The molecule has 0 saturated heterocycles. The van der Waals surface area contributed by atoms with Crippen molar-refractivity contribution in [2.45, 2.75) is 19.9 Å². The Balaban J connectivity index is 2.56. The molecule has 90 valence electrons. The molecule has 1 unspecified atom stereocenters. The Morgan fingerprint density at radius 3 is 2.65 bits per heavy atom. The number of aryl methyl sites for hydroxylation is 1. The Hall–Kier alpha value is -1.82. The second kappa shape index (κ2) is 4.21. The predicted octanol–water partition coefficient (Wildman–Crippen LogP) is 1.87. The molecule has 0 amide bonds. The maximum Gasteiger partial charge on any atom is 0.154 e. The van der Waals surface area contributed by atoms with Crippen molar-refractivity contribution in [1.29, 1.82) is 0 Å². The van der Waals surface area contributed by atoms with Gasteiger partial charge in [-0.3, -0.25) is 0 Å². The van der Waals surface area contributed by atoms with Crippen molar-refractivity contribution in [1.82, 2.24) is 15.0 Å². The van der Waals surface area contributed by atoms with Crippen molar-refractivity contribution in [2.24, 2.45) is 5.73 Å². The van der Waals surface area contributed by atoms with E-state index >= 15 is 0 Å². The van der Waals surface area contributed by atoms with Gasteiger partial charge in [-0.05, 0) is 25.5 Å². The summed E-state index contributed by atoms with van der Waals surface area (Å²) in [6.45, 7) is 3.28. The van der Waals surface area contributed by atoms with E-state index in [1.165, 1.54) is 18.3 Å². The number of aromatic nitrogens is 3. The van der Waals surface area contributed by atoms with Crippen LogP contribution in [0.15, 0.2) is 18.3 Å². The maximum atomic E-state index is 13.8. The molecule has 1 aromatic heterocycles. The first-order chi connectivity index (χ1) is 8.00. The standard InChI is InChI=1S/C11H12F2N4/c1-6-3-4-8(12)11(10(6)13)17-5-9(7(2)14)15-16-17/h3-5,7H,14H2,1-2H3. The fraction of sp³-hybridized carbons (Fsp3) is 0.273. The molecule has 1 aromatic carbocycles. The molecule has 0 radical (unpaired) electrons. The maximum absolute atomic E-state index is 13.8. The highest BCUT2D eigenvalue weighted by Crippen LogP contribution is 2.20. The molecular formula is C11H12F2N4. The van der Waals surface area contributed by atoms with E-state index in [0.29, 0.717) is 11.3 Å². The van der Waals surface area contributed by atoms with Gasteiger partial charge in [-0.2, -0.15) is 0 Å². The molecule has 0 fully saturated rings. The highest BCUT2D eigenvalue weighted by molar-refractivity contribution is 5.38. The fourth-order valence-electron chi connectivity index (χ4n) is 1.45. The number of hydrogen-bond acceptors (Lipinski definition) is 3. The molecule has 1 atom stereocenters. The number of nitrogens with zero attached hydrogens (tertiary/aromatic N) is 3. The molecule has 2 rings (SSSR count). The molecule has 2 aromatic rings. The molecule has 6 heteroatoms. The first kappa shape index (κ1) is 11.7. The van der Waals surface area contributed by atoms with Gasteiger partial charge in [-0.25, -0.2) is 13.5 Å². The van der Waals surface area contributed by atoms with Gasteiger partial charge in [-0.15, -0.1) is 5.10 Å². The Kier molecular flexibility index (Phi) is 2.89. The molecular weight excluding hydrogens is 226 g/mol. The van der Waals surface area contributed by atoms with E-state index in [-0.39, 0.29) is 11.7 Å². The van der Waals surface area contributed by atoms with E-state index in [0.717, 1.165) is 4.68 Å². The summed E-state index contributed by atoms with van der Waals surface area (Å²) in [6, 6.07) is 2.23. The van der Waals surface area contributed by atoms with Crippen LogP contribution in [0.2, 0.25) is 0 Å². The average Bonchev–Trinajstić information content (AvgIpc) is 2.73. The fourth-order valence-corrected chi connectivity index (χ4v) is 1.45. The largest absolute Gasteiger partial charge is 0.323 e. The number of hydrogen-bond donors (Lipinski definition) is 1. The first-order valence-electron chi connectivity index (χ1n) is 5.13. The lowest BCUT2D eigenvalue weighted by molar-refractivity contribution is 0.551. The Morgan fingerprint density at radius 2 is 2.06 bits per heavy atom. The second-order valence-electron chi connectivity index (χ2n) is 3.90. The molecule has 0 saturated carbocycles. The molecule has 0 spiro atoms. The number of benzene rings is 1. The van der Waals surface area contributed by atoms with Crippen LogP contribution in [-0.2, 0) is 0 Å². The van der Waals surface area contributed by atoms with Crippen LogP contribution in [-0.4, -0.2) is 15.0 Å². The van der Waals surface area contributed by atoms with Crippen molar-refractivity contribution in [2.75, 3.05) is 0 Å². The summed E-state index contributed by atoms with van der Waals surface area (Å²) in [7, 11) is 0. The van der Waals surface area contributed by atoms with Gasteiger partial charge in [0, 0.05) is 6.04 Å². The van der Waals surface area contributed by atoms with Crippen molar-refractivity contribution < 1.29 is 8.78 Å². The van der Waals surface area contributed by atoms with E-state index in [9.17, 15) is 8.78 Å². The van der Waals surface area contributed by atoms with Crippen molar-refractivity contribution in [3.8, 4) is 5.69 Å². The lowest BCUT2D eigenvalue weighted by Crippen LogP contribution is -2.05. The average molecular weight is 238 g/mol. The molecule has 0 bridgehead atoms. The third-order valence-corrected chi connectivity index (χ3v) is 2.47. The van der Waals surface area contributed by atoms with Crippen molar-refractivity contribution >= 4 is 0 Å². The van der Waals surface area contributed by atoms with Crippen LogP contribution < -0.4 is 5.73 Å². The summed E-state index contributed by atoms with van der Waals surface area (Å²) in [4.78, 5) is 0. The monoisotopic (exact) mass is 238 g/mol. The van der Waals surface area contributed by atoms with E-state index in [1.54, 1.807) is 13.8 Å². The summed E-state index contributed by atoms with van der Waals surface area (Å²) < 4.78 is 28.4. The van der Waals surface area contributed by atoms with Crippen LogP contribution in [0.25, 0.3) is 5.69 Å². The lowest BCUT2D eigenvalue weighted by Gasteiger charge is -2.06. The van der Waals surface area contributed by atoms with Crippen molar-refractivity contribution in [3.63, 3.8) is 0 Å². The molecule has 2 N–H and O–H groups in total. The number of halogens is 2. The minimum absolute atomic E-state index is 0.232. The zero-order valence-corrected chi connectivity index (χ0v) is 9.48. The minimum Gasteiger partial charge on any atom is -0.323 e. The first-order valence-corrected chi connectivity index (χ1v) is 5.13. The quantitative estimate of drug-likeness (QED) is 0.869. The van der Waals surface area contributed by atoms with Crippen LogP contribution in [0, 0.1) is 18.6 Å². The minimum atomic E-state index is -0.686. The lowest BCUT2D eigenvalue weighted by atomic mass is 10.2. The Labute approximate surface area is 97.0 Å². The number of rotatable bonds is 2. The topological polar surface area (TPSA) is 56.7 Å². The van der Waals surface area contributed by atoms with Gasteiger partial charge in [0.1, 0.15) is 5.69 Å². The molecule has 4 nitrogen and oxygen atoms in total. The highest BCUT2D eigenvalue weighted by Gasteiger charge is 2.16. The van der Waals surface area contributed by atoms with Crippen LogP contribution in [0.5, 0.6) is 0 Å². The zero-order valence-electron chi connectivity index (χ0n) is 9.48. The smallest absolute Gasteiger partial charge is 0.154 e. The predicted molar refractivity (Wildman–Crippen MR) is 58.6 cm³/mol. The van der Waals surface area contributed by atoms with Crippen LogP contribution >= 0.6 is 0 Å². The Bertz CT molecular complexity index is 548. The third-order valence-electron chi connectivity index (χ3n) is 2.47. The number of nitrogens with two attached hydrogens (primary N) is 1. The normalized spacial score (nSPS) is 12.8. The third kappa shape index (κ3) is 2.03. The molecule has 17 heavy (non-hydrogen) atoms. The Morgan fingerprint density at radius 1 is 1.35 bits per heavy atom. The van der Waals surface area contributed by atoms with Gasteiger partial charge in [0.2, 0.25) is 0 Å². The van der Waals surface area contributed by atoms with Crippen LogP contribution in [0.4, 0.5) is 8.78 Å². The van der Waals surface area contributed by atoms with E-state index in [1.807, 2.05) is 0 Å². The van der Waals surface area contributed by atoms with E-state index < -0.39 is 11.6 Å². The second-order valence-corrected chi connectivity index (χ2v) is 3.90. The molecule has 0 aliphatic carbocycles. The van der Waals surface area contributed by atoms with Gasteiger partial charge in [0.05, 0.1) is 11.9 Å². The van der Waals surface area contributed by atoms with Gasteiger partial charge in [0.25, 0.3) is 0 Å². The summed E-state index contributed by atoms with van der Waals surface area (Å²) >= 11 is 0. The molecule has 0 aliphatic rings. The van der Waals surface area contributed by atoms with Gasteiger partial charge in [-0.1, -0.05) is 11.3 Å². The van der Waals surface area contributed by atoms with Gasteiger partial charge < -0.3 is 5.73 Å². The summed E-state index contributed by atoms with van der Waals surface area (Å²) in [6.07, 6.45) is 1.42. The van der Waals surface area contributed by atoms with Crippen LogP contribution in [0.3, 0.4) is 0 Å². The highest BCUT2D eigenvalue weighted by atomic mass is 19.1.